The van der Waals surface area contributed by atoms with Gasteiger partial charge in [-0.25, -0.2) is 4.99 Å². The molecule has 13 heteroatoms. The Bertz CT molecular complexity index is 1850. The summed E-state index contributed by atoms with van der Waals surface area (Å²) in [6, 6.07) is 24.9. The molecular formula is C37H39N5O8. The minimum atomic E-state index is -1.61. The van der Waals surface area contributed by atoms with Gasteiger partial charge in [0.2, 0.25) is 5.90 Å². The number of azide groups is 1. The number of aliphatic hydroxyl groups is 1. The van der Waals surface area contributed by atoms with Gasteiger partial charge in [-0.3, -0.25) is 4.79 Å². The van der Waals surface area contributed by atoms with Crippen LogP contribution in [0.15, 0.2) is 95.0 Å². The highest BCUT2D eigenvalue weighted by Gasteiger charge is 2.53. The summed E-state index contributed by atoms with van der Waals surface area (Å²) in [5.74, 6) is 2.40. The molecule has 1 aliphatic rings. The van der Waals surface area contributed by atoms with E-state index in [1.165, 1.54) is 14.2 Å². The first kappa shape index (κ1) is 35.4. The van der Waals surface area contributed by atoms with Gasteiger partial charge in [-0.2, -0.15) is 0 Å². The van der Waals surface area contributed by atoms with Gasteiger partial charge in [-0.1, -0.05) is 41.5 Å². The van der Waals surface area contributed by atoms with E-state index >= 15 is 0 Å². The number of hydrogen-bond donors (Lipinski definition) is 2. The van der Waals surface area contributed by atoms with Gasteiger partial charge in [0, 0.05) is 47.7 Å². The molecule has 2 N–H and O–H groups in total. The predicted octanol–water partition coefficient (Wildman–Crippen LogP) is 6.24. The van der Waals surface area contributed by atoms with Crippen molar-refractivity contribution in [3.8, 4) is 28.7 Å². The molecule has 1 amide bonds. The van der Waals surface area contributed by atoms with E-state index in [9.17, 15) is 10.3 Å². The first-order valence-corrected chi connectivity index (χ1v) is 15.8. The second kappa shape index (κ2) is 16.5. The Morgan fingerprint density at radius 2 is 1.64 bits per heavy atom. The summed E-state index contributed by atoms with van der Waals surface area (Å²) in [6.07, 6.45) is -0.423. The number of benzene rings is 4. The lowest BCUT2D eigenvalue weighted by Gasteiger charge is -2.31. The molecule has 0 unspecified atom stereocenters. The average Bonchev–Trinajstić information content (AvgIpc) is 3.55. The SMILES string of the molecule is COc1cccc([C@H]2OC(c3ccc(OCCCO)cc3)=N[C@@]2(Cc2ccccc2N=[N+]=[N-])C(=O)NCc2c(OC)cc(OC)cc2OC)c1. The fraction of sp³-hybridized carbons (Fsp3) is 0.297. The molecule has 50 heavy (non-hydrogen) atoms. The van der Waals surface area contributed by atoms with Crippen molar-refractivity contribution in [1.29, 1.82) is 0 Å². The van der Waals surface area contributed by atoms with Crippen molar-refractivity contribution in [2.24, 2.45) is 10.1 Å². The maximum Gasteiger partial charge on any atom is 0.252 e. The zero-order valence-electron chi connectivity index (χ0n) is 28.3. The third kappa shape index (κ3) is 7.70. The Morgan fingerprint density at radius 3 is 2.30 bits per heavy atom. The van der Waals surface area contributed by atoms with Crippen LogP contribution in [-0.4, -0.2) is 64.1 Å². The van der Waals surface area contributed by atoms with Gasteiger partial charge >= 0.3 is 0 Å². The van der Waals surface area contributed by atoms with Crippen LogP contribution in [0.5, 0.6) is 28.7 Å². The number of amides is 1. The fourth-order valence-corrected chi connectivity index (χ4v) is 5.76. The van der Waals surface area contributed by atoms with E-state index in [2.05, 4.69) is 15.3 Å². The van der Waals surface area contributed by atoms with Crippen LogP contribution in [-0.2, 0) is 22.5 Å². The molecule has 1 heterocycles. The second-order valence-electron chi connectivity index (χ2n) is 11.3. The monoisotopic (exact) mass is 681 g/mol. The van der Waals surface area contributed by atoms with Crippen LogP contribution in [0.4, 0.5) is 5.69 Å². The summed E-state index contributed by atoms with van der Waals surface area (Å²) >= 11 is 0. The van der Waals surface area contributed by atoms with E-state index < -0.39 is 17.6 Å². The fourth-order valence-electron chi connectivity index (χ4n) is 5.76. The quantitative estimate of drug-likeness (QED) is 0.0607. The van der Waals surface area contributed by atoms with Crippen LogP contribution in [0.3, 0.4) is 0 Å². The van der Waals surface area contributed by atoms with E-state index in [4.69, 9.17) is 38.5 Å². The Labute approximate surface area is 290 Å². The highest BCUT2D eigenvalue weighted by Crippen LogP contribution is 2.45. The summed E-state index contributed by atoms with van der Waals surface area (Å²) in [4.78, 5) is 23.0. The maximum absolute atomic E-state index is 14.9. The van der Waals surface area contributed by atoms with E-state index in [1.807, 2.05) is 12.1 Å². The number of methoxy groups -OCH3 is 4. The summed E-state index contributed by atoms with van der Waals surface area (Å²) in [5.41, 5.74) is 10.5. The smallest absolute Gasteiger partial charge is 0.252 e. The number of carbonyl (C=O) groups is 1. The zero-order valence-corrected chi connectivity index (χ0v) is 28.3. The van der Waals surface area contributed by atoms with Crippen molar-refractivity contribution in [3.05, 3.63) is 118 Å². The Hall–Kier alpha value is -5.91. The van der Waals surface area contributed by atoms with Gasteiger partial charge in [-0.15, -0.1) is 0 Å². The molecule has 0 spiro atoms. The molecule has 4 aromatic carbocycles. The molecule has 0 radical (unpaired) electrons. The van der Waals surface area contributed by atoms with Gasteiger partial charge in [0.1, 0.15) is 28.7 Å². The number of aliphatic imine (C=N–C) groups is 1. The number of ether oxygens (including phenoxy) is 6. The molecule has 0 aromatic heterocycles. The molecule has 0 saturated carbocycles. The first-order chi connectivity index (χ1) is 24.4. The molecule has 0 bridgehead atoms. The number of rotatable bonds is 16. The molecule has 0 saturated heterocycles. The minimum Gasteiger partial charge on any atom is -0.497 e. The number of hydrogen-bond acceptors (Lipinski definition) is 10. The number of nitrogens with zero attached hydrogens (tertiary/aromatic N) is 4. The van der Waals surface area contributed by atoms with E-state index in [0.29, 0.717) is 69.7 Å². The number of carbonyl (C=O) groups excluding carboxylic acids is 1. The number of nitrogens with one attached hydrogen (secondary N) is 1. The van der Waals surface area contributed by atoms with E-state index in [1.54, 1.807) is 87.0 Å². The molecule has 5 rings (SSSR count). The Balaban J connectivity index is 1.64. The van der Waals surface area contributed by atoms with Crippen molar-refractivity contribution in [3.63, 3.8) is 0 Å². The molecule has 260 valence electrons. The molecule has 4 aromatic rings. The summed E-state index contributed by atoms with van der Waals surface area (Å²) < 4.78 is 34.6. The zero-order chi connectivity index (χ0) is 35.5. The van der Waals surface area contributed by atoms with Crippen molar-refractivity contribution < 1.29 is 38.3 Å². The van der Waals surface area contributed by atoms with Gasteiger partial charge in [0.15, 0.2) is 11.6 Å². The molecule has 2 atom stereocenters. The lowest BCUT2D eigenvalue weighted by Crippen LogP contribution is -2.49. The topological polar surface area (TPSA) is 166 Å². The van der Waals surface area contributed by atoms with Crippen molar-refractivity contribution in [2.45, 2.75) is 31.0 Å². The molecular weight excluding hydrogens is 642 g/mol. The summed E-state index contributed by atoms with van der Waals surface area (Å²) in [5, 5.41) is 16.1. The average molecular weight is 682 g/mol. The van der Waals surface area contributed by atoms with Gasteiger partial charge in [-0.05, 0) is 53.1 Å². The third-order valence-corrected chi connectivity index (χ3v) is 8.27. The van der Waals surface area contributed by atoms with Gasteiger partial charge in [0.05, 0.1) is 47.2 Å². The highest BCUT2D eigenvalue weighted by molar-refractivity contribution is 6.01. The molecule has 13 nitrogen and oxygen atoms in total. The maximum atomic E-state index is 14.9. The Morgan fingerprint density at radius 1 is 0.920 bits per heavy atom. The van der Waals surface area contributed by atoms with Crippen LogP contribution in [0.25, 0.3) is 10.4 Å². The predicted molar refractivity (Wildman–Crippen MR) is 187 cm³/mol. The standard InChI is InChI=1S/C37H39N5O8/c1-45-28-11-7-10-25(19-28)34-37(22-26-9-5-6-12-31(26)41-42-38,40-35(50-34)24-13-15-27(16-14-24)49-18-8-17-43)36(44)39-23-30-32(47-3)20-29(46-2)21-33(30)48-4/h5-7,9-16,19-21,34,43H,8,17-18,22-23H2,1-4H3,(H,39,44)/t34-,37-/m1/s1. The number of aliphatic hydroxyl groups excluding tert-OH is 1. The van der Waals surface area contributed by atoms with Crippen molar-refractivity contribution in [1.82, 2.24) is 5.32 Å². The van der Waals surface area contributed by atoms with Crippen LogP contribution >= 0.6 is 0 Å². The largest absolute Gasteiger partial charge is 0.497 e. The van der Waals surface area contributed by atoms with Crippen molar-refractivity contribution >= 4 is 17.5 Å². The summed E-state index contributed by atoms with van der Waals surface area (Å²) in [7, 11) is 6.15. The van der Waals surface area contributed by atoms with Gasteiger partial charge in [0.25, 0.3) is 5.91 Å². The van der Waals surface area contributed by atoms with E-state index in [-0.39, 0.29) is 25.5 Å². The lowest BCUT2D eigenvalue weighted by molar-refractivity contribution is -0.129. The van der Waals surface area contributed by atoms with Crippen LogP contribution < -0.4 is 29.0 Å². The van der Waals surface area contributed by atoms with Crippen molar-refractivity contribution in [2.75, 3.05) is 41.7 Å². The summed E-state index contributed by atoms with van der Waals surface area (Å²) in [6.45, 7) is 0.409. The molecule has 0 fully saturated rings. The molecule has 0 aliphatic carbocycles. The highest BCUT2D eigenvalue weighted by atomic mass is 16.5. The van der Waals surface area contributed by atoms with Crippen LogP contribution in [0, 0.1) is 0 Å². The van der Waals surface area contributed by atoms with Crippen LogP contribution in [0.2, 0.25) is 0 Å². The van der Waals surface area contributed by atoms with Gasteiger partial charge < -0.3 is 38.8 Å². The Kier molecular flexibility index (Phi) is 11.7. The second-order valence-corrected chi connectivity index (χ2v) is 11.3. The normalized spacial score (nSPS) is 16.3. The molecule has 1 aliphatic heterocycles. The first-order valence-electron chi connectivity index (χ1n) is 15.8. The van der Waals surface area contributed by atoms with Crippen LogP contribution in [0.1, 0.15) is 34.8 Å². The van der Waals surface area contributed by atoms with E-state index in [0.717, 1.165) is 0 Å². The third-order valence-electron chi connectivity index (χ3n) is 8.27. The minimum absolute atomic E-state index is 0.0125. The lowest BCUT2D eigenvalue weighted by atomic mass is 9.81.